The Morgan fingerprint density at radius 2 is 2.10 bits per heavy atom. The molecular formula is C15H27NO4. The van der Waals surface area contributed by atoms with E-state index in [9.17, 15) is 9.90 Å². The molecule has 2 unspecified atom stereocenters. The Balaban J connectivity index is 1.99. The summed E-state index contributed by atoms with van der Waals surface area (Å²) in [6, 6.07) is 0.217. The van der Waals surface area contributed by atoms with Crippen LogP contribution in [0.4, 0.5) is 0 Å². The van der Waals surface area contributed by atoms with Crippen molar-refractivity contribution in [2.75, 3.05) is 19.8 Å². The van der Waals surface area contributed by atoms with Gasteiger partial charge < -0.3 is 14.6 Å². The number of carbonyl (C=O) groups is 1. The fourth-order valence-corrected chi connectivity index (χ4v) is 3.43. The summed E-state index contributed by atoms with van der Waals surface area (Å²) >= 11 is 0. The van der Waals surface area contributed by atoms with Crippen molar-refractivity contribution in [3.63, 3.8) is 0 Å². The Bertz CT molecular complexity index is 335. The van der Waals surface area contributed by atoms with Gasteiger partial charge in [0.1, 0.15) is 5.54 Å². The van der Waals surface area contributed by atoms with Crippen LogP contribution in [0, 0.1) is 0 Å². The normalized spacial score (nSPS) is 29.0. The Labute approximate surface area is 121 Å². The van der Waals surface area contributed by atoms with Crippen molar-refractivity contribution in [2.45, 2.75) is 69.6 Å². The van der Waals surface area contributed by atoms with Crippen molar-refractivity contribution in [1.82, 2.24) is 5.32 Å². The van der Waals surface area contributed by atoms with Crippen molar-refractivity contribution >= 4 is 5.97 Å². The summed E-state index contributed by atoms with van der Waals surface area (Å²) in [4.78, 5) is 11.5. The third kappa shape index (κ3) is 3.51. The Hall–Kier alpha value is -0.650. The van der Waals surface area contributed by atoms with E-state index in [2.05, 4.69) is 5.32 Å². The molecule has 2 fully saturated rings. The summed E-state index contributed by atoms with van der Waals surface area (Å²) in [5.41, 5.74) is -0.928. The number of rotatable bonds is 5. The van der Waals surface area contributed by atoms with Crippen LogP contribution in [0.25, 0.3) is 0 Å². The average Bonchev–Trinajstić information content (AvgIpc) is 2.39. The van der Waals surface area contributed by atoms with E-state index >= 15 is 0 Å². The second-order valence-corrected chi connectivity index (χ2v) is 6.37. The second-order valence-electron chi connectivity index (χ2n) is 6.37. The van der Waals surface area contributed by atoms with E-state index in [1.54, 1.807) is 6.92 Å². The van der Waals surface area contributed by atoms with Crippen LogP contribution in [0.15, 0.2) is 0 Å². The van der Waals surface area contributed by atoms with Gasteiger partial charge in [0.25, 0.3) is 0 Å². The Morgan fingerprint density at radius 3 is 2.70 bits per heavy atom. The van der Waals surface area contributed by atoms with Crippen LogP contribution in [0.1, 0.15) is 52.4 Å². The van der Waals surface area contributed by atoms with Gasteiger partial charge >= 0.3 is 5.97 Å². The average molecular weight is 285 g/mol. The lowest BCUT2D eigenvalue weighted by Crippen LogP contribution is -2.58. The first-order valence-electron chi connectivity index (χ1n) is 7.72. The van der Waals surface area contributed by atoms with Gasteiger partial charge in [-0.3, -0.25) is 10.1 Å². The topological polar surface area (TPSA) is 67.8 Å². The van der Waals surface area contributed by atoms with Gasteiger partial charge in [-0.15, -0.1) is 0 Å². The maximum atomic E-state index is 11.5. The molecule has 0 bridgehead atoms. The van der Waals surface area contributed by atoms with Gasteiger partial charge in [0.05, 0.1) is 5.60 Å². The third-order valence-electron chi connectivity index (χ3n) is 4.64. The van der Waals surface area contributed by atoms with Gasteiger partial charge in [-0.25, -0.2) is 0 Å². The fraction of sp³-hybridized carbons (Fsp3) is 0.933. The molecule has 5 nitrogen and oxygen atoms in total. The first-order valence-corrected chi connectivity index (χ1v) is 7.72. The van der Waals surface area contributed by atoms with E-state index in [0.29, 0.717) is 13.0 Å². The summed E-state index contributed by atoms with van der Waals surface area (Å²) < 4.78 is 11.4. The molecule has 2 heterocycles. The van der Waals surface area contributed by atoms with Gasteiger partial charge in [-0.1, -0.05) is 13.3 Å². The molecule has 2 rings (SSSR count). The lowest BCUT2D eigenvalue weighted by Gasteiger charge is -2.45. The number of carboxylic acids is 1. The number of carboxylic acid groups (broad SMARTS) is 1. The van der Waals surface area contributed by atoms with Crippen molar-refractivity contribution < 1.29 is 19.4 Å². The fourth-order valence-electron chi connectivity index (χ4n) is 3.43. The largest absolute Gasteiger partial charge is 0.480 e. The molecule has 116 valence electrons. The number of hydrogen-bond acceptors (Lipinski definition) is 4. The van der Waals surface area contributed by atoms with Crippen LogP contribution >= 0.6 is 0 Å². The molecule has 2 aliphatic heterocycles. The molecule has 0 radical (unpaired) electrons. The zero-order chi connectivity index (χ0) is 14.6. The van der Waals surface area contributed by atoms with E-state index in [1.165, 1.54) is 0 Å². The molecule has 0 saturated carbocycles. The van der Waals surface area contributed by atoms with Crippen molar-refractivity contribution in [3.05, 3.63) is 0 Å². The molecule has 5 heteroatoms. The first kappa shape index (κ1) is 15.7. The predicted octanol–water partition coefficient (Wildman–Crippen LogP) is 1.95. The minimum absolute atomic E-state index is 0.0974. The molecule has 0 aromatic carbocycles. The summed E-state index contributed by atoms with van der Waals surface area (Å²) in [5.74, 6) is -0.758. The molecule has 0 aliphatic carbocycles. The minimum Gasteiger partial charge on any atom is -0.480 e. The Kier molecular flexibility index (Phi) is 5.04. The van der Waals surface area contributed by atoms with E-state index in [4.69, 9.17) is 9.47 Å². The van der Waals surface area contributed by atoms with Gasteiger partial charge in [0.2, 0.25) is 0 Å². The summed E-state index contributed by atoms with van der Waals surface area (Å²) in [6.45, 7) is 6.02. The summed E-state index contributed by atoms with van der Waals surface area (Å²) in [7, 11) is 0. The number of aliphatic carboxylic acids is 1. The van der Waals surface area contributed by atoms with Gasteiger partial charge in [-0.05, 0) is 39.0 Å². The molecule has 1 spiro atoms. The van der Waals surface area contributed by atoms with Gasteiger partial charge in [-0.2, -0.15) is 0 Å². The highest BCUT2D eigenvalue weighted by atomic mass is 16.5. The first-order chi connectivity index (χ1) is 9.50. The zero-order valence-electron chi connectivity index (χ0n) is 12.6. The third-order valence-corrected chi connectivity index (χ3v) is 4.64. The summed E-state index contributed by atoms with van der Waals surface area (Å²) in [5, 5.41) is 12.9. The lowest BCUT2D eigenvalue weighted by molar-refractivity contribution is -0.152. The molecule has 0 aromatic heterocycles. The van der Waals surface area contributed by atoms with E-state index in [0.717, 1.165) is 45.3 Å². The van der Waals surface area contributed by atoms with E-state index in [-0.39, 0.29) is 11.6 Å². The number of ether oxygens (including phenoxy) is 2. The van der Waals surface area contributed by atoms with Gasteiger partial charge in [0, 0.05) is 25.9 Å². The second kappa shape index (κ2) is 6.41. The lowest BCUT2D eigenvalue weighted by atomic mass is 9.82. The Morgan fingerprint density at radius 1 is 1.40 bits per heavy atom. The van der Waals surface area contributed by atoms with Crippen LogP contribution < -0.4 is 5.32 Å². The van der Waals surface area contributed by atoms with Crippen molar-refractivity contribution in [3.8, 4) is 0 Å². The van der Waals surface area contributed by atoms with Crippen LogP contribution in [0.3, 0.4) is 0 Å². The molecule has 2 N–H and O–H groups in total. The minimum atomic E-state index is -0.830. The van der Waals surface area contributed by atoms with Crippen molar-refractivity contribution in [2.24, 2.45) is 0 Å². The van der Waals surface area contributed by atoms with Gasteiger partial charge in [0.15, 0.2) is 0 Å². The van der Waals surface area contributed by atoms with Crippen LogP contribution in [-0.4, -0.2) is 48.1 Å². The van der Waals surface area contributed by atoms with Crippen LogP contribution in [-0.2, 0) is 14.3 Å². The molecule has 0 amide bonds. The summed E-state index contributed by atoms with van der Waals surface area (Å²) in [6.07, 6.45) is 5.12. The highest BCUT2D eigenvalue weighted by Crippen LogP contribution is 2.35. The number of hydrogen-bond donors (Lipinski definition) is 2. The quantitative estimate of drug-likeness (QED) is 0.808. The number of nitrogens with one attached hydrogen (secondary N) is 1. The molecule has 0 aromatic rings. The molecule has 20 heavy (non-hydrogen) atoms. The SMILES string of the molecule is CCCC(C)(NC1CCOC2(CCOCC2)C1)C(=O)O. The highest BCUT2D eigenvalue weighted by Gasteiger charge is 2.42. The van der Waals surface area contributed by atoms with Crippen LogP contribution in [0.2, 0.25) is 0 Å². The molecule has 2 saturated heterocycles. The monoisotopic (exact) mass is 285 g/mol. The molecular weight excluding hydrogens is 258 g/mol. The smallest absolute Gasteiger partial charge is 0.323 e. The highest BCUT2D eigenvalue weighted by molar-refractivity contribution is 5.78. The molecule has 2 aliphatic rings. The van der Waals surface area contributed by atoms with E-state index < -0.39 is 11.5 Å². The maximum absolute atomic E-state index is 11.5. The van der Waals surface area contributed by atoms with Crippen molar-refractivity contribution in [1.29, 1.82) is 0 Å². The maximum Gasteiger partial charge on any atom is 0.323 e. The zero-order valence-corrected chi connectivity index (χ0v) is 12.6. The standard InChI is InChI=1S/C15H27NO4/c1-3-5-14(2,13(17)18)16-12-4-8-20-15(11-12)6-9-19-10-7-15/h12,16H,3-11H2,1-2H3,(H,17,18). The molecule has 2 atom stereocenters. The van der Waals surface area contributed by atoms with E-state index in [1.807, 2.05) is 6.92 Å². The van der Waals surface area contributed by atoms with Crippen LogP contribution in [0.5, 0.6) is 0 Å². The predicted molar refractivity (Wildman–Crippen MR) is 75.8 cm³/mol.